The lowest BCUT2D eigenvalue weighted by atomic mass is 9.97. The minimum atomic E-state index is 0.777. The third-order valence-electron chi connectivity index (χ3n) is 5.61. The van der Waals surface area contributed by atoms with E-state index in [1.807, 2.05) is 18.3 Å². The number of nitrogens with zero attached hydrogens (tertiary/aromatic N) is 3. The summed E-state index contributed by atoms with van der Waals surface area (Å²) in [5.41, 5.74) is 2.41. The van der Waals surface area contributed by atoms with Crippen molar-refractivity contribution in [3.8, 4) is 0 Å². The maximum absolute atomic E-state index is 6.01. The van der Waals surface area contributed by atoms with Gasteiger partial charge in [0.05, 0.1) is 19.3 Å². The van der Waals surface area contributed by atoms with Crippen molar-refractivity contribution < 1.29 is 0 Å². The SMILES string of the molecule is Clc1ccc(N2CCN(/N=C\c3c4ccccc4cc4ccccc34)CC2)cc1. The van der Waals surface area contributed by atoms with Crippen LogP contribution in [0.15, 0.2) is 84.0 Å². The van der Waals surface area contributed by atoms with Gasteiger partial charge in [0.1, 0.15) is 0 Å². The quantitative estimate of drug-likeness (QED) is 0.320. The van der Waals surface area contributed by atoms with E-state index in [0.717, 1.165) is 31.2 Å². The molecule has 0 atom stereocenters. The van der Waals surface area contributed by atoms with Gasteiger partial charge in [0, 0.05) is 29.4 Å². The number of hydrazone groups is 1. The Morgan fingerprint density at radius 1 is 0.724 bits per heavy atom. The maximum atomic E-state index is 6.01. The minimum absolute atomic E-state index is 0.777. The van der Waals surface area contributed by atoms with Crippen molar-refractivity contribution >= 4 is 45.0 Å². The molecule has 0 spiro atoms. The molecule has 0 aliphatic carbocycles. The van der Waals surface area contributed by atoms with Crippen LogP contribution in [0.1, 0.15) is 5.56 Å². The minimum Gasteiger partial charge on any atom is -0.368 e. The van der Waals surface area contributed by atoms with Crippen LogP contribution in [0.2, 0.25) is 5.02 Å². The van der Waals surface area contributed by atoms with Crippen molar-refractivity contribution in [2.24, 2.45) is 5.10 Å². The fourth-order valence-electron chi connectivity index (χ4n) is 4.05. The van der Waals surface area contributed by atoms with E-state index in [4.69, 9.17) is 16.7 Å². The van der Waals surface area contributed by atoms with Crippen LogP contribution in [-0.4, -0.2) is 37.4 Å². The summed E-state index contributed by atoms with van der Waals surface area (Å²) in [6.45, 7) is 3.72. The van der Waals surface area contributed by atoms with Crippen LogP contribution in [0.25, 0.3) is 21.5 Å². The first-order valence-corrected chi connectivity index (χ1v) is 10.4. The molecule has 1 fully saturated rings. The molecule has 1 aliphatic rings. The van der Waals surface area contributed by atoms with Crippen LogP contribution in [-0.2, 0) is 0 Å². The molecule has 0 amide bonds. The monoisotopic (exact) mass is 399 g/mol. The van der Waals surface area contributed by atoms with E-state index in [1.165, 1.54) is 32.8 Å². The van der Waals surface area contributed by atoms with Crippen LogP contribution in [0.3, 0.4) is 0 Å². The van der Waals surface area contributed by atoms with Gasteiger partial charge in [0.25, 0.3) is 0 Å². The number of anilines is 1. The number of rotatable bonds is 3. The summed E-state index contributed by atoms with van der Waals surface area (Å²) in [5.74, 6) is 0. The fourth-order valence-corrected chi connectivity index (χ4v) is 4.17. The van der Waals surface area contributed by atoms with Crippen LogP contribution in [0.5, 0.6) is 0 Å². The molecule has 144 valence electrons. The van der Waals surface area contributed by atoms with Gasteiger partial charge in [0.15, 0.2) is 0 Å². The van der Waals surface area contributed by atoms with Crippen molar-refractivity contribution in [2.45, 2.75) is 0 Å². The number of halogens is 1. The Balaban J connectivity index is 1.39. The molecular weight excluding hydrogens is 378 g/mol. The predicted molar refractivity (Wildman–Crippen MR) is 124 cm³/mol. The average Bonchev–Trinajstić information content (AvgIpc) is 2.77. The molecule has 4 aromatic carbocycles. The zero-order valence-corrected chi connectivity index (χ0v) is 16.9. The van der Waals surface area contributed by atoms with Crippen molar-refractivity contribution in [1.82, 2.24) is 5.01 Å². The molecule has 0 unspecified atom stereocenters. The van der Waals surface area contributed by atoms with E-state index >= 15 is 0 Å². The summed E-state index contributed by atoms with van der Waals surface area (Å²) in [6, 6.07) is 27.4. The highest BCUT2D eigenvalue weighted by Gasteiger charge is 2.16. The zero-order chi connectivity index (χ0) is 19.6. The summed E-state index contributed by atoms with van der Waals surface area (Å²) in [7, 11) is 0. The number of hydrogen-bond donors (Lipinski definition) is 0. The number of hydrogen-bond acceptors (Lipinski definition) is 3. The van der Waals surface area contributed by atoms with Crippen LogP contribution in [0, 0.1) is 0 Å². The summed E-state index contributed by atoms with van der Waals surface area (Å²) in [4.78, 5) is 2.38. The lowest BCUT2D eigenvalue weighted by molar-refractivity contribution is 0.272. The van der Waals surface area contributed by atoms with Crippen LogP contribution in [0.4, 0.5) is 5.69 Å². The number of piperazine rings is 1. The van der Waals surface area contributed by atoms with Gasteiger partial charge in [0.2, 0.25) is 0 Å². The Bertz CT molecular complexity index is 1120. The Morgan fingerprint density at radius 3 is 1.93 bits per heavy atom. The molecule has 4 aromatic rings. The first-order chi connectivity index (χ1) is 14.3. The lowest BCUT2D eigenvalue weighted by Gasteiger charge is -2.34. The van der Waals surface area contributed by atoms with Crippen molar-refractivity contribution in [1.29, 1.82) is 0 Å². The van der Waals surface area contributed by atoms with Crippen LogP contribution < -0.4 is 4.90 Å². The molecule has 1 heterocycles. The fraction of sp³-hybridized carbons (Fsp3) is 0.160. The largest absolute Gasteiger partial charge is 0.368 e. The molecule has 0 radical (unpaired) electrons. The summed E-state index contributed by atoms with van der Waals surface area (Å²) < 4.78 is 0. The normalized spacial score (nSPS) is 14.9. The molecule has 29 heavy (non-hydrogen) atoms. The van der Waals surface area contributed by atoms with E-state index in [0.29, 0.717) is 0 Å². The number of benzene rings is 4. The van der Waals surface area contributed by atoms with E-state index in [-0.39, 0.29) is 0 Å². The molecule has 0 aromatic heterocycles. The molecule has 4 heteroatoms. The van der Waals surface area contributed by atoms with Gasteiger partial charge in [-0.2, -0.15) is 5.10 Å². The summed E-state index contributed by atoms with van der Waals surface area (Å²) in [6.07, 6.45) is 2.04. The molecule has 1 aliphatic heterocycles. The highest BCUT2D eigenvalue weighted by molar-refractivity contribution is 6.30. The van der Waals surface area contributed by atoms with Gasteiger partial charge in [-0.1, -0.05) is 60.1 Å². The van der Waals surface area contributed by atoms with Gasteiger partial charge in [-0.05, 0) is 51.9 Å². The van der Waals surface area contributed by atoms with Crippen molar-refractivity contribution in [3.63, 3.8) is 0 Å². The molecule has 3 nitrogen and oxygen atoms in total. The lowest BCUT2D eigenvalue weighted by Crippen LogP contribution is -2.44. The Labute approximate surface area is 175 Å². The van der Waals surface area contributed by atoms with E-state index in [1.54, 1.807) is 0 Å². The first-order valence-electron chi connectivity index (χ1n) is 9.98. The first kappa shape index (κ1) is 18.0. The second kappa shape index (κ2) is 7.76. The van der Waals surface area contributed by atoms with Gasteiger partial charge in [-0.25, -0.2) is 0 Å². The molecule has 0 bridgehead atoms. The topological polar surface area (TPSA) is 18.8 Å². The highest BCUT2D eigenvalue weighted by Crippen LogP contribution is 2.27. The van der Waals surface area contributed by atoms with Crippen molar-refractivity contribution in [2.75, 3.05) is 31.1 Å². The summed E-state index contributed by atoms with van der Waals surface area (Å²) in [5, 5.41) is 12.8. The molecule has 1 saturated heterocycles. The van der Waals surface area contributed by atoms with Gasteiger partial charge >= 0.3 is 0 Å². The second-order valence-corrected chi connectivity index (χ2v) is 7.83. The molecule has 0 saturated carbocycles. The zero-order valence-electron chi connectivity index (χ0n) is 16.1. The predicted octanol–water partition coefficient (Wildman–Crippen LogP) is 5.80. The molecule has 0 N–H and O–H groups in total. The second-order valence-electron chi connectivity index (χ2n) is 7.39. The third kappa shape index (κ3) is 3.66. The third-order valence-corrected chi connectivity index (χ3v) is 5.86. The Morgan fingerprint density at radius 2 is 1.31 bits per heavy atom. The smallest absolute Gasteiger partial charge is 0.0555 e. The molecule has 5 rings (SSSR count). The maximum Gasteiger partial charge on any atom is 0.0555 e. The van der Waals surface area contributed by atoms with E-state index < -0.39 is 0 Å². The average molecular weight is 400 g/mol. The Kier molecular flexibility index (Phi) is 4.82. The van der Waals surface area contributed by atoms with Gasteiger partial charge < -0.3 is 4.90 Å². The van der Waals surface area contributed by atoms with E-state index in [2.05, 4.69) is 76.6 Å². The standard InChI is InChI=1S/C25H22ClN3/c26-21-9-11-22(12-10-21)28-13-15-29(16-14-28)27-18-25-23-7-3-1-5-19(23)17-20-6-2-4-8-24(20)25/h1-12,17-18H,13-16H2/b27-18-. The van der Waals surface area contributed by atoms with Gasteiger partial charge in [-0.3, -0.25) is 5.01 Å². The Hall–Kier alpha value is -3.04. The molecular formula is C25H22ClN3. The van der Waals surface area contributed by atoms with Crippen LogP contribution >= 0.6 is 11.6 Å². The van der Waals surface area contributed by atoms with E-state index in [9.17, 15) is 0 Å². The number of fused-ring (bicyclic) bond motifs is 2. The van der Waals surface area contributed by atoms with Crippen molar-refractivity contribution in [3.05, 3.63) is 89.4 Å². The highest BCUT2D eigenvalue weighted by atomic mass is 35.5. The van der Waals surface area contributed by atoms with Gasteiger partial charge in [-0.15, -0.1) is 0 Å². The summed E-state index contributed by atoms with van der Waals surface area (Å²) >= 11 is 6.01.